The van der Waals surface area contributed by atoms with Gasteiger partial charge in [-0.05, 0) is 25.5 Å². The van der Waals surface area contributed by atoms with E-state index in [0.29, 0.717) is 24.1 Å². The lowest BCUT2D eigenvalue weighted by Crippen LogP contribution is -2.57. The van der Waals surface area contributed by atoms with Crippen LogP contribution in [0.1, 0.15) is 18.5 Å². The Kier molecular flexibility index (Phi) is 5.23. The molecule has 0 amide bonds. The maximum Gasteiger partial charge on any atom is 0.434 e. The summed E-state index contributed by atoms with van der Waals surface area (Å²) in [6.45, 7) is 2.32. The van der Waals surface area contributed by atoms with Crippen LogP contribution in [0, 0.1) is 5.41 Å². The van der Waals surface area contributed by atoms with Gasteiger partial charge in [-0.1, -0.05) is 0 Å². The Bertz CT molecular complexity index is 1220. The minimum Gasteiger partial charge on any atom is -0.404 e. The number of aromatic nitrogens is 5. The van der Waals surface area contributed by atoms with E-state index < -0.39 is 11.9 Å². The van der Waals surface area contributed by atoms with Crippen LogP contribution >= 0.6 is 0 Å². The molecule has 1 unspecified atom stereocenters. The molecule has 2 fully saturated rings. The second-order valence-electron chi connectivity index (χ2n) is 8.15. The van der Waals surface area contributed by atoms with Crippen LogP contribution in [-0.4, -0.2) is 67.2 Å². The largest absolute Gasteiger partial charge is 0.434 e. The van der Waals surface area contributed by atoms with Gasteiger partial charge >= 0.3 is 6.18 Å². The van der Waals surface area contributed by atoms with E-state index in [1.165, 1.54) is 23.0 Å². The van der Waals surface area contributed by atoms with Gasteiger partial charge in [0, 0.05) is 49.5 Å². The Morgan fingerprint density at radius 3 is 2.79 bits per heavy atom. The molecular formula is C21H22F3N9. The molecule has 0 aromatic carbocycles. The first kappa shape index (κ1) is 21.3. The molecule has 12 heteroatoms. The van der Waals surface area contributed by atoms with Gasteiger partial charge < -0.3 is 16.0 Å². The summed E-state index contributed by atoms with van der Waals surface area (Å²) in [6, 6.07) is 2.07. The standard InChI is InChI=1S/C21H22F3N9/c22-21(23,24)17-12-33-15(8-29-19(33)9-28-17)20-27-4-3-18(30-20)31-10-14-2-1-5-32(14)16(11-31)13(6-25)7-26/h3-4,6-9,12,14,16,25H,1-2,5,10-11,26H2/b13-7+,25-6?/t14-,16?/m0/s1. The highest BCUT2D eigenvalue weighted by molar-refractivity contribution is 5.77. The van der Waals surface area contributed by atoms with Crippen LogP contribution < -0.4 is 10.6 Å². The third kappa shape index (κ3) is 3.80. The zero-order valence-electron chi connectivity index (χ0n) is 17.6. The average molecular weight is 457 g/mol. The van der Waals surface area contributed by atoms with E-state index >= 15 is 0 Å². The molecule has 0 spiro atoms. The normalized spacial score (nSPS) is 22.0. The number of imidazole rings is 1. The highest BCUT2D eigenvalue weighted by Gasteiger charge is 2.39. The number of fused-ring (bicyclic) bond motifs is 2. The molecule has 33 heavy (non-hydrogen) atoms. The Labute approximate surface area is 187 Å². The molecule has 2 saturated heterocycles. The molecule has 2 aliphatic rings. The number of rotatable bonds is 4. The zero-order valence-corrected chi connectivity index (χ0v) is 17.6. The van der Waals surface area contributed by atoms with E-state index in [-0.39, 0.29) is 17.5 Å². The quantitative estimate of drug-likeness (QED) is 0.579. The summed E-state index contributed by atoms with van der Waals surface area (Å²) < 4.78 is 40.8. The highest BCUT2D eigenvalue weighted by atomic mass is 19.4. The van der Waals surface area contributed by atoms with Crippen molar-refractivity contribution in [3.8, 4) is 11.5 Å². The summed E-state index contributed by atoms with van der Waals surface area (Å²) in [6.07, 6.45) is 5.34. The molecular weight excluding hydrogens is 435 g/mol. The number of nitrogens with one attached hydrogen (secondary N) is 1. The number of hydrogen-bond acceptors (Lipinski definition) is 8. The summed E-state index contributed by atoms with van der Waals surface area (Å²) >= 11 is 0. The van der Waals surface area contributed by atoms with Crippen LogP contribution in [0.15, 0.2) is 42.6 Å². The summed E-state index contributed by atoms with van der Waals surface area (Å²) in [5.41, 5.74) is 6.13. The van der Waals surface area contributed by atoms with Gasteiger partial charge in [0.25, 0.3) is 0 Å². The third-order valence-corrected chi connectivity index (χ3v) is 6.27. The van der Waals surface area contributed by atoms with Crippen LogP contribution in [0.5, 0.6) is 0 Å². The summed E-state index contributed by atoms with van der Waals surface area (Å²) in [4.78, 5) is 21.1. The predicted molar refractivity (Wildman–Crippen MR) is 116 cm³/mol. The second kappa shape index (κ2) is 8.10. The van der Waals surface area contributed by atoms with Gasteiger partial charge in [0.2, 0.25) is 0 Å². The Balaban J connectivity index is 1.50. The van der Waals surface area contributed by atoms with Crippen LogP contribution in [0.2, 0.25) is 0 Å². The van der Waals surface area contributed by atoms with E-state index in [1.54, 1.807) is 12.3 Å². The SMILES string of the molecule is N=C/C(=C\N)C1CN(c2ccnc(-c3cnc4cnc(C(F)(F)F)cn34)n2)C[C@@H]2CCCN12. The molecule has 3 aromatic rings. The van der Waals surface area contributed by atoms with Crippen molar-refractivity contribution in [1.29, 1.82) is 5.41 Å². The second-order valence-corrected chi connectivity index (χ2v) is 8.15. The molecule has 5 heterocycles. The molecule has 3 N–H and O–H groups in total. The van der Waals surface area contributed by atoms with Gasteiger partial charge in [0.05, 0.1) is 18.4 Å². The first-order valence-corrected chi connectivity index (χ1v) is 10.6. The highest BCUT2D eigenvalue weighted by Crippen LogP contribution is 2.32. The zero-order chi connectivity index (χ0) is 23.2. The van der Waals surface area contributed by atoms with Gasteiger partial charge in [-0.3, -0.25) is 9.30 Å². The maximum absolute atomic E-state index is 13.2. The molecule has 0 bridgehead atoms. The van der Waals surface area contributed by atoms with E-state index in [2.05, 4.69) is 29.7 Å². The number of nitrogens with two attached hydrogens (primary N) is 1. The number of piperazine rings is 1. The van der Waals surface area contributed by atoms with Crippen molar-refractivity contribution >= 4 is 17.7 Å². The van der Waals surface area contributed by atoms with Gasteiger partial charge in [0.1, 0.15) is 11.5 Å². The molecule has 3 aromatic heterocycles. The molecule has 5 rings (SSSR count). The Morgan fingerprint density at radius 2 is 2.03 bits per heavy atom. The van der Waals surface area contributed by atoms with Crippen LogP contribution in [0.4, 0.5) is 19.0 Å². The Morgan fingerprint density at radius 1 is 1.18 bits per heavy atom. The minimum atomic E-state index is -4.57. The van der Waals surface area contributed by atoms with Crippen molar-refractivity contribution in [3.63, 3.8) is 0 Å². The number of nitrogens with zero attached hydrogens (tertiary/aromatic N) is 7. The van der Waals surface area contributed by atoms with Gasteiger partial charge in [-0.15, -0.1) is 0 Å². The van der Waals surface area contributed by atoms with E-state index in [1.807, 2.05) is 0 Å². The maximum atomic E-state index is 13.2. The molecule has 0 saturated carbocycles. The number of anilines is 1. The summed E-state index contributed by atoms with van der Waals surface area (Å²) in [5.74, 6) is 0.935. The summed E-state index contributed by atoms with van der Waals surface area (Å²) in [5, 5.41) is 7.75. The number of alkyl halides is 3. The van der Waals surface area contributed by atoms with Crippen molar-refractivity contribution in [1.82, 2.24) is 29.2 Å². The molecule has 9 nitrogen and oxygen atoms in total. The first-order chi connectivity index (χ1) is 15.9. The topological polar surface area (TPSA) is 112 Å². The fourth-order valence-corrected chi connectivity index (χ4v) is 4.70. The fraction of sp³-hybridized carbons (Fsp3) is 0.381. The van der Waals surface area contributed by atoms with Gasteiger partial charge in [0.15, 0.2) is 17.2 Å². The molecule has 0 aliphatic carbocycles. The third-order valence-electron chi connectivity index (χ3n) is 6.27. The van der Waals surface area contributed by atoms with E-state index in [9.17, 15) is 13.2 Å². The molecule has 0 radical (unpaired) electrons. The lowest BCUT2D eigenvalue weighted by atomic mass is 10.0. The smallest absolute Gasteiger partial charge is 0.404 e. The van der Waals surface area contributed by atoms with Crippen molar-refractivity contribution in [2.45, 2.75) is 31.1 Å². The number of hydrogen-bond donors (Lipinski definition) is 2. The van der Waals surface area contributed by atoms with Crippen molar-refractivity contribution in [2.24, 2.45) is 5.73 Å². The fourth-order valence-electron chi connectivity index (χ4n) is 4.70. The molecule has 2 atom stereocenters. The minimum absolute atomic E-state index is 0.0246. The van der Waals surface area contributed by atoms with Gasteiger partial charge in [-0.2, -0.15) is 13.2 Å². The van der Waals surface area contributed by atoms with Crippen molar-refractivity contribution in [3.05, 3.63) is 48.3 Å². The van der Waals surface area contributed by atoms with E-state index in [0.717, 1.165) is 43.9 Å². The average Bonchev–Trinajstić information content (AvgIpc) is 3.46. The predicted octanol–water partition coefficient (Wildman–Crippen LogP) is 2.35. The van der Waals surface area contributed by atoms with Crippen molar-refractivity contribution in [2.75, 3.05) is 24.5 Å². The molecule has 2 aliphatic heterocycles. The lowest BCUT2D eigenvalue weighted by Gasteiger charge is -2.44. The van der Waals surface area contributed by atoms with Crippen LogP contribution in [0.3, 0.4) is 0 Å². The first-order valence-electron chi connectivity index (χ1n) is 10.6. The lowest BCUT2D eigenvalue weighted by molar-refractivity contribution is -0.141. The van der Waals surface area contributed by atoms with Crippen LogP contribution in [0.25, 0.3) is 17.2 Å². The van der Waals surface area contributed by atoms with E-state index in [4.69, 9.17) is 11.1 Å². The summed E-state index contributed by atoms with van der Waals surface area (Å²) in [7, 11) is 0. The van der Waals surface area contributed by atoms with Crippen LogP contribution in [-0.2, 0) is 6.18 Å². The molecule has 172 valence electrons. The Hall–Kier alpha value is -3.54. The van der Waals surface area contributed by atoms with Gasteiger partial charge in [-0.25, -0.2) is 19.9 Å². The number of halogens is 3. The monoisotopic (exact) mass is 457 g/mol. The van der Waals surface area contributed by atoms with Crippen molar-refractivity contribution < 1.29 is 13.2 Å².